The van der Waals surface area contributed by atoms with Crippen LogP contribution in [0.2, 0.25) is 0 Å². The molecule has 1 N–H and O–H groups in total. The monoisotopic (exact) mass is 166 g/mol. The fourth-order valence-corrected chi connectivity index (χ4v) is 0.421. The summed E-state index contributed by atoms with van der Waals surface area (Å²) in [5, 5.41) is 8.19. The van der Waals surface area contributed by atoms with Crippen LogP contribution >= 0.6 is 11.6 Å². The molecule has 0 saturated carbocycles. The molecule has 0 aromatic heterocycles. The zero-order chi connectivity index (χ0) is 8.15. The van der Waals surface area contributed by atoms with Gasteiger partial charge < -0.3 is 9.84 Å². The van der Waals surface area contributed by atoms with E-state index in [2.05, 4.69) is 0 Å². The Balaban J connectivity index is 3.40. The van der Waals surface area contributed by atoms with Crippen LogP contribution in [0.15, 0.2) is 0 Å². The van der Waals surface area contributed by atoms with Gasteiger partial charge in [-0.15, -0.1) is 11.6 Å². The van der Waals surface area contributed by atoms with Gasteiger partial charge in [-0.25, -0.2) is 4.79 Å². The zero-order valence-corrected chi connectivity index (χ0v) is 6.76. The lowest BCUT2D eigenvalue weighted by Gasteiger charge is -2.08. The summed E-state index contributed by atoms with van der Waals surface area (Å²) in [5.74, 6) is -0.961. The van der Waals surface area contributed by atoms with Crippen molar-refractivity contribution in [1.82, 2.24) is 0 Å². The fraction of sp³-hybridized carbons (Fsp3) is 0.833. The molecule has 0 bridgehead atoms. The van der Waals surface area contributed by atoms with Crippen molar-refractivity contribution >= 4 is 17.6 Å². The van der Waals surface area contributed by atoms with E-state index in [-0.39, 0.29) is 12.0 Å². The molecule has 2 atom stereocenters. The van der Waals surface area contributed by atoms with Crippen LogP contribution in [-0.4, -0.2) is 29.2 Å². The summed E-state index contributed by atoms with van der Waals surface area (Å²) in [5.41, 5.74) is 0. The van der Waals surface area contributed by atoms with Crippen molar-refractivity contribution in [2.75, 3.05) is 6.61 Å². The first kappa shape index (κ1) is 9.72. The van der Waals surface area contributed by atoms with Crippen molar-refractivity contribution in [2.45, 2.75) is 25.3 Å². The van der Waals surface area contributed by atoms with Crippen LogP contribution in [0.1, 0.15) is 13.8 Å². The van der Waals surface area contributed by atoms with Crippen LogP contribution in [0.25, 0.3) is 0 Å². The molecule has 4 heteroatoms. The average molecular weight is 167 g/mol. The maximum absolute atomic E-state index is 10.1. The number of carboxylic acids is 1. The third-order valence-electron chi connectivity index (χ3n) is 0.924. The van der Waals surface area contributed by atoms with Gasteiger partial charge in [-0.05, 0) is 13.8 Å². The molecule has 10 heavy (non-hydrogen) atoms. The van der Waals surface area contributed by atoms with Crippen molar-refractivity contribution < 1.29 is 14.6 Å². The van der Waals surface area contributed by atoms with Crippen LogP contribution in [0.3, 0.4) is 0 Å². The van der Waals surface area contributed by atoms with Crippen molar-refractivity contribution in [3.8, 4) is 0 Å². The molecular weight excluding hydrogens is 156 g/mol. The number of carbonyl (C=O) groups is 1. The number of carboxylic acid groups (broad SMARTS) is 1. The maximum atomic E-state index is 10.1. The normalized spacial score (nSPS) is 16.3. The number of ether oxygens (including phenoxy) is 1. The molecule has 0 aliphatic heterocycles. The molecule has 0 radical (unpaired) electrons. The number of rotatable bonds is 4. The second-order valence-electron chi connectivity index (χ2n) is 2.09. The first-order valence-electron chi connectivity index (χ1n) is 3.02. The summed E-state index contributed by atoms with van der Waals surface area (Å²) in [6.45, 7) is 3.49. The predicted octanol–water partition coefficient (Wildman–Crippen LogP) is 1.10. The minimum absolute atomic E-state index is 0.137. The molecule has 0 heterocycles. The number of hydrogen-bond donors (Lipinski definition) is 1. The minimum Gasteiger partial charge on any atom is -0.479 e. The van der Waals surface area contributed by atoms with E-state index in [1.807, 2.05) is 0 Å². The van der Waals surface area contributed by atoms with E-state index in [9.17, 15) is 4.79 Å². The summed E-state index contributed by atoms with van der Waals surface area (Å²) in [4.78, 5) is 10.1. The Morgan fingerprint density at radius 1 is 1.70 bits per heavy atom. The first-order chi connectivity index (χ1) is 4.54. The fourth-order valence-electron chi connectivity index (χ4n) is 0.348. The van der Waals surface area contributed by atoms with Gasteiger partial charge in [-0.2, -0.15) is 0 Å². The van der Waals surface area contributed by atoms with Crippen LogP contribution in [-0.2, 0) is 9.53 Å². The molecule has 0 rings (SSSR count). The molecule has 3 nitrogen and oxygen atoms in total. The van der Waals surface area contributed by atoms with Crippen molar-refractivity contribution in [3.05, 3.63) is 0 Å². The summed E-state index contributed by atoms with van der Waals surface area (Å²) in [6.07, 6.45) is -0.763. The Bertz CT molecular complexity index is 114. The molecule has 0 fully saturated rings. The number of hydrogen-bond acceptors (Lipinski definition) is 2. The second-order valence-corrected chi connectivity index (χ2v) is 2.84. The van der Waals surface area contributed by atoms with Crippen LogP contribution < -0.4 is 0 Å². The highest BCUT2D eigenvalue weighted by atomic mass is 35.5. The maximum Gasteiger partial charge on any atom is 0.332 e. The predicted molar refractivity (Wildman–Crippen MR) is 38.4 cm³/mol. The highest BCUT2D eigenvalue weighted by Crippen LogP contribution is 1.97. The number of alkyl halides is 1. The van der Waals surface area contributed by atoms with Gasteiger partial charge in [0.2, 0.25) is 0 Å². The molecule has 0 aliphatic carbocycles. The van der Waals surface area contributed by atoms with E-state index in [1.54, 1.807) is 6.92 Å². The zero-order valence-electron chi connectivity index (χ0n) is 6.00. The smallest absolute Gasteiger partial charge is 0.332 e. The molecule has 0 aromatic carbocycles. The van der Waals surface area contributed by atoms with E-state index in [1.165, 1.54) is 6.92 Å². The standard InChI is InChI=1S/C6H11ClO3/c1-4(7)3-10-5(2)6(8)9/h4-5H,3H2,1-2H3,(H,8,9). The van der Waals surface area contributed by atoms with Crippen molar-refractivity contribution in [3.63, 3.8) is 0 Å². The molecule has 0 saturated heterocycles. The molecule has 60 valence electrons. The Hall–Kier alpha value is -0.280. The first-order valence-corrected chi connectivity index (χ1v) is 3.46. The van der Waals surface area contributed by atoms with Gasteiger partial charge in [0.15, 0.2) is 6.10 Å². The number of halogens is 1. The SMILES string of the molecule is CC(Cl)COC(C)C(=O)O. The Labute approximate surface area is 64.9 Å². The van der Waals surface area contributed by atoms with Gasteiger partial charge in [-0.3, -0.25) is 0 Å². The van der Waals surface area contributed by atoms with Crippen molar-refractivity contribution in [2.24, 2.45) is 0 Å². The van der Waals surface area contributed by atoms with Gasteiger partial charge in [0.25, 0.3) is 0 Å². The Kier molecular flexibility index (Phi) is 4.40. The summed E-state index contributed by atoms with van der Waals surface area (Å²) >= 11 is 5.51. The average Bonchev–Trinajstić information content (AvgIpc) is 1.82. The lowest BCUT2D eigenvalue weighted by Crippen LogP contribution is -2.22. The quantitative estimate of drug-likeness (QED) is 0.637. The third-order valence-corrected chi connectivity index (χ3v) is 1.05. The highest BCUT2D eigenvalue weighted by molar-refractivity contribution is 6.20. The minimum atomic E-state index is -0.961. The van der Waals surface area contributed by atoms with E-state index in [4.69, 9.17) is 21.4 Å². The summed E-state index contributed by atoms with van der Waals surface area (Å²) in [6, 6.07) is 0. The molecule has 0 amide bonds. The lowest BCUT2D eigenvalue weighted by atomic mass is 10.4. The van der Waals surface area contributed by atoms with Gasteiger partial charge in [0.05, 0.1) is 12.0 Å². The topological polar surface area (TPSA) is 46.5 Å². The van der Waals surface area contributed by atoms with Gasteiger partial charge in [0, 0.05) is 0 Å². The highest BCUT2D eigenvalue weighted by Gasteiger charge is 2.11. The molecule has 2 unspecified atom stereocenters. The van der Waals surface area contributed by atoms with E-state index >= 15 is 0 Å². The lowest BCUT2D eigenvalue weighted by molar-refractivity contribution is -0.149. The molecular formula is C6H11ClO3. The third kappa shape index (κ3) is 4.58. The van der Waals surface area contributed by atoms with Gasteiger partial charge in [-0.1, -0.05) is 0 Å². The molecule has 0 spiro atoms. The van der Waals surface area contributed by atoms with Crippen LogP contribution in [0, 0.1) is 0 Å². The number of aliphatic carboxylic acids is 1. The van der Waals surface area contributed by atoms with E-state index in [0.717, 1.165) is 0 Å². The van der Waals surface area contributed by atoms with Gasteiger partial charge >= 0.3 is 5.97 Å². The van der Waals surface area contributed by atoms with E-state index < -0.39 is 12.1 Å². The van der Waals surface area contributed by atoms with Crippen LogP contribution in [0.4, 0.5) is 0 Å². The Morgan fingerprint density at radius 3 is 2.50 bits per heavy atom. The van der Waals surface area contributed by atoms with Gasteiger partial charge in [0.1, 0.15) is 0 Å². The van der Waals surface area contributed by atoms with E-state index in [0.29, 0.717) is 0 Å². The summed E-state index contributed by atoms with van der Waals surface area (Å²) in [7, 11) is 0. The second kappa shape index (κ2) is 4.52. The van der Waals surface area contributed by atoms with Crippen LogP contribution in [0.5, 0.6) is 0 Å². The largest absolute Gasteiger partial charge is 0.479 e. The summed E-state index contributed by atoms with van der Waals surface area (Å²) < 4.78 is 4.83. The Morgan fingerprint density at radius 2 is 2.20 bits per heavy atom. The molecule has 0 aliphatic rings. The van der Waals surface area contributed by atoms with Crippen molar-refractivity contribution in [1.29, 1.82) is 0 Å². The molecule has 0 aromatic rings.